The number of piperidine rings is 1. The predicted octanol–water partition coefficient (Wildman–Crippen LogP) is 3.52. The fourth-order valence-electron chi connectivity index (χ4n) is 3.48. The summed E-state index contributed by atoms with van der Waals surface area (Å²) in [5.74, 6) is 1.64. The molecule has 0 atom stereocenters. The van der Waals surface area contributed by atoms with Gasteiger partial charge in [0.05, 0.1) is 6.54 Å². The highest BCUT2D eigenvalue weighted by atomic mass is 16.4. The Labute approximate surface area is 161 Å². The molecule has 0 unspecified atom stereocenters. The standard InChI is InChI=1S/C21H30N4O2/c1-4-5-12-24(3)21(26)18-10-13-25(14-11-18)15-19-22-23-20(27-19)17-8-6-16(2)7-9-17/h6-9,18H,4-5,10-15H2,1-3H3. The van der Waals surface area contributed by atoms with E-state index in [1.165, 1.54) is 5.56 Å². The summed E-state index contributed by atoms with van der Waals surface area (Å²) in [7, 11) is 1.93. The van der Waals surface area contributed by atoms with Gasteiger partial charge in [-0.1, -0.05) is 31.0 Å². The van der Waals surface area contributed by atoms with Crippen molar-refractivity contribution in [3.63, 3.8) is 0 Å². The van der Waals surface area contributed by atoms with E-state index in [1.807, 2.05) is 36.2 Å². The van der Waals surface area contributed by atoms with Gasteiger partial charge in [0.1, 0.15) is 0 Å². The molecule has 0 N–H and O–H groups in total. The molecule has 0 bridgehead atoms. The highest BCUT2D eigenvalue weighted by Crippen LogP contribution is 2.22. The SMILES string of the molecule is CCCCN(C)C(=O)C1CCN(Cc2nnc(-c3ccc(C)cc3)o2)CC1. The summed E-state index contributed by atoms with van der Waals surface area (Å²) in [6.07, 6.45) is 3.98. The van der Waals surface area contributed by atoms with Gasteiger partial charge >= 0.3 is 0 Å². The number of hydrogen-bond acceptors (Lipinski definition) is 5. The van der Waals surface area contributed by atoms with Gasteiger partial charge in [0.15, 0.2) is 0 Å². The molecule has 2 aromatic rings. The summed E-state index contributed by atoms with van der Waals surface area (Å²) in [6.45, 7) is 7.49. The number of likely N-dealkylation sites (tertiary alicyclic amines) is 1. The van der Waals surface area contributed by atoms with E-state index in [-0.39, 0.29) is 5.92 Å². The third-order valence-electron chi connectivity index (χ3n) is 5.28. The Morgan fingerprint density at radius 2 is 1.93 bits per heavy atom. The van der Waals surface area contributed by atoms with Crippen LogP contribution in [0.25, 0.3) is 11.5 Å². The molecule has 27 heavy (non-hydrogen) atoms. The van der Waals surface area contributed by atoms with Crippen molar-refractivity contribution in [2.24, 2.45) is 5.92 Å². The zero-order chi connectivity index (χ0) is 19.2. The molecule has 0 spiro atoms. The van der Waals surface area contributed by atoms with E-state index in [9.17, 15) is 4.79 Å². The largest absolute Gasteiger partial charge is 0.419 e. The van der Waals surface area contributed by atoms with Crippen molar-refractivity contribution in [2.45, 2.75) is 46.1 Å². The van der Waals surface area contributed by atoms with E-state index in [0.717, 1.165) is 50.9 Å². The molecule has 1 fully saturated rings. The van der Waals surface area contributed by atoms with Gasteiger partial charge in [0, 0.05) is 25.1 Å². The maximum atomic E-state index is 12.5. The molecular weight excluding hydrogens is 340 g/mol. The average Bonchev–Trinajstić information content (AvgIpc) is 3.15. The minimum Gasteiger partial charge on any atom is -0.419 e. The summed E-state index contributed by atoms with van der Waals surface area (Å²) in [5, 5.41) is 8.36. The minimum atomic E-state index is 0.147. The molecule has 0 aliphatic carbocycles. The van der Waals surface area contributed by atoms with Crippen LogP contribution >= 0.6 is 0 Å². The Morgan fingerprint density at radius 3 is 2.59 bits per heavy atom. The Bertz CT molecular complexity index is 733. The van der Waals surface area contributed by atoms with Crippen LogP contribution in [0.15, 0.2) is 28.7 Å². The van der Waals surface area contributed by atoms with Gasteiger partial charge in [0.2, 0.25) is 17.7 Å². The lowest BCUT2D eigenvalue weighted by Gasteiger charge is -2.32. The summed E-state index contributed by atoms with van der Waals surface area (Å²) < 4.78 is 5.83. The van der Waals surface area contributed by atoms with Crippen molar-refractivity contribution in [3.8, 4) is 11.5 Å². The van der Waals surface area contributed by atoms with Crippen LogP contribution in [-0.4, -0.2) is 52.6 Å². The van der Waals surface area contributed by atoms with Gasteiger partial charge in [-0.25, -0.2) is 0 Å². The van der Waals surface area contributed by atoms with Gasteiger partial charge in [-0.15, -0.1) is 10.2 Å². The number of carbonyl (C=O) groups is 1. The van der Waals surface area contributed by atoms with Crippen LogP contribution in [0.1, 0.15) is 44.1 Å². The monoisotopic (exact) mass is 370 g/mol. The molecule has 0 radical (unpaired) electrons. The lowest BCUT2D eigenvalue weighted by Crippen LogP contribution is -2.41. The highest BCUT2D eigenvalue weighted by Gasteiger charge is 2.27. The Kier molecular flexibility index (Phi) is 6.61. The van der Waals surface area contributed by atoms with Crippen molar-refractivity contribution in [2.75, 3.05) is 26.7 Å². The summed E-state index contributed by atoms with van der Waals surface area (Å²) >= 11 is 0. The van der Waals surface area contributed by atoms with E-state index < -0.39 is 0 Å². The van der Waals surface area contributed by atoms with E-state index in [2.05, 4.69) is 28.9 Å². The highest BCUT2D eigenvalue weighted by molar-refractivity contribution is 5.78. The summed E-state index contributed by atoms with van der Waals surface area (Å²) in [6, 6.07) is 8.08. The Balaban J connectivity index is 1.49. The number of benzene rings is 1. The van der Waals surface area contributed by atoms with E-state index in [0.29, 0.717) is 24.2 Å². The first-order valence-electron chi connectivity index (χ1n) is 9.93. The van der Waals surface area contributed by atoms with Crippen molar-refractivity contribution in [1.29, 1.82) is 0 Å². The van der Waals surface area contributed by atoms with Crippen molar-refractivity contribution in [3.05, 3.63) is 35.7 Å². The first-order valence-corrected chi connectivity index (χ1v) is 9.93. The van der Waals surface area contributed by atoms with E-state index in [4.69, 9.17) is 4.42 Å². The molecule has 1 amide bonds. The molecular formula is C21H30N4O2. The van der Waals surface area contributed by atoms with Crippen LogP contribution in [0.5, 0.6) is 0 Å². The maximum Gasteiger partial charge on any atom is 0.247 e. The number of aromatic nitrogens is 2. The Morgan fingerprint density at radius 1 is 1.22 bits per heavy atom. The molecule has 0 saturated carbocycles. The third kappa shape index (κ3) is 5.16. The zero-order valence-electron chi connectivity index (χ0n) is 16.6. The summed E-state index contributed by atoms with van der Waals surface area (Å²) in [5.41, 5.74) is 2.15. The molecule has 1 aliphatic rings. The van der Waals surface area contributed by atoms with Gasteiger partial charge in [-0.2, -0.15) is 0 Å². The van der Waals surface area contributed by atoms with Crippen LogP contribution in [0, 0.1) is 12.8 Å². The molecule has 1 aromatic carbocycles. The molecule has 3 rings (SSSR count). The second kappa shape index (κ2) is 9.13. The number of amides is 1. The van der Waals surface area contributed by atoms with Crippen LogP contribution in [-0.2, 0) is 11.3 Å². The second-order valence-corrected chi connectivity index (χ2v) is 7.53. The smallest absolute Gasteiger partial charge is 0.247 e. The van der Waals surface area contributed by atoms with Crippen molar-refractivity contribution in [1.82, 2.24) is 20.0 Å². The van der Waals surface area contributed by atoms with Crippen LogP contribution < -0.4 is 0 Å². The average molecular weight is 370 g/mol. The van der Waals surface area contributed by atoms with Crippen LogP contribution in [0.2, 0.25) is 0 Å². The number of rotatable bonds is 7. The van der Waals surface area contributed by atoms with Gasteiger partial charge < -0.3 is 9.32 Å². The molecule has 6 heteroatoms. The molecule has 1 saturated heterocycles. The normalized spacial score (nSPS) is 15.8. The predicted molar refractivity (Wildman–Crippen MR) is 105 cm³/mol. The third-order valence-corrected chi connectivity index (χ3v) is 5.28. The first kappa shape index (κ1) is 19.5. The number of hydrogen-bond donors (Lipinski definition) is 0. The zero-order valence-corrected chi connectivity index (χ0v) is 16.6. The summed E-state index contributed by atoms with van der Waals surface area (Å²) in [4.78, 5) is 16.7. The lowest BCUT2D eigenvalue weighted by atomic mass is 9.95. The van der Waals surface area contributed by atoms with Crippen molar-refractivity contribution >= 4 is 5.91 Å². The maximum absolute atomic E-state index is 12.5. The first-order chi connectivity index (χ1) is 13.1. The number of unbranched alkanes of at least 4 members (excludes halogenated alkanes) is 1. The second-order valence-electron chi connectivity index (χ2n) is 7.53. The van der Waals surface area contributed by atoms with Gasteiger partial charge in [0.25, 0.3) is 0 Å². The number of aryl methyl sites for hydroxylation is 1. The molecule has 6 nitrogen and oxygen atoms in total. The molecule has 2 heterocycles. The van der Waals surface area contributed by atoms with Crippen LogP contribution in [0.4, 0.5) is 0 Å². The quantitative estimate of drug-likeness (QED) is 0.746. The fourth-order valence-corrected chi connectivity index (χ4v) is 3.48. The van der Waals surface area contributed by atoms with Crippen LogP contribution in [0.3, 0.4) is 0 Å². The molecule has 1 aromatic heterocycles. The minimum absolute atomic E-state index is 0.147. The fraction of sp³-hybridized carbons (Fsp3) is 0.571. The Hall–Kier alpha value is -2.21. The number of nitrogens with zero attached hydrogens (tertiary/aromatic N) is 4. The van der Waals surface area contributed by atoms with E-state index in [1.54, 1.807) is 0 Å². The van der Waals surface area contributed by atoms with Gasteiger partial charge in [-0.05, 0) is 51.4 Å². The molecule has 146 valence electrons. The topological polar surface area (TPSA) is 62.5 Å². The number of carbonyl (C=O) groups excluding carboxylic acids is 1. The lowest BCUT2D eigenvalue weighted by molar-refractivity contribution is -0.135. The molecule has 1 aliphatic heterocycles. The van der Waals surface area contributed by atoms with E-state index >= 15 is 0 Å². The van der Waals surface area contributed by atoms with Crippen molar-refractivity contribution < 1.29 is 9.21 Å². The van der Waals surface area contributed by atoms with Gasteiger partial charge in [-0.3, -0.25) is 9.69 Å².